The van der Waals surface area contributed by atoms with Crippen LogP contribution in [0, 0.1) is 5.92 Å². The molecule has 0 aliphatic carbocycles. The van der Waals surface area contributed by atoms with Crippen molar-refractivity contribution in [2.75, 3.05) is 30.0 Å². The Morgan fingerprint density at radius 3 is 2.88 bits per heavy atom. The lowest BCUT2D eigenvalue weighted by atomic mass is 10.2. The molecule has 2 rings (SSSR count). The minimum atomic E-state index is -0.0531. The van der Waals surface area contributed by atoms with Crippen LogP contribution in [0.4, 0.5) is 5.82 Å². The van der Waals surface area contributed by atoms with Gasteiger partial charge in [0, 0.05) is 25.4 Å². The molecule has 1 amide bonds. The Balaban J connectivity index is 2.19. The van der Waals surface area contributed by atoms with Crippen molar-refractivity contribution in [1.29, 1.82) is 0 Å². The molecular weight excluding hydrogens is 360 g/mol. The second kappa shape index (κ2) is 9.82. The maximum atomic E-state index is 11.5. The molecule has 2 N–H and O–H groups in total. The van der Waals surface area contributed by atoms with Crippen molar-refractivity contribution >= 4 is 46.1 Å². The van der Waals surface area contributed by atoms with Crippen LogP contribution in [0.2, 0.25) is 0 Å². The summed E-state index contributed by atoms with van der Waals surface area (Å²) in [5, 5.41) is 12.3. The first kappa shape index (κ1) is 19.8. The number of hydrogen-bond donors (Lipinski definition) is 2. The molecule has 0 unspecified atom stereocenters. The lowest BCUT2D eigenvalue weighted by molar-refractivity contribution is -0.120. The number of carbonyl (C=O) groups is 1. The van der Waals surface area contributed by atoms with Crippen molar-refractivity contribution in [3.8, 4) is 0 Å². The summed E-state index contributed by atoms with van der Waals surface area (Å²) in [5.74, 6) is 2.50. The molecule has 0 radical (unpaired) electrons. The van der Waals surface area contributed by atoms with E-state index in [0.29, 0.717) is 31.3 Å². The summed E-state index contributed by atoms with van der Waals surface area (Å²) >= 11 is 7.16. The fraction of sp³-hybridized carbons (Fsp3) is 0.625. The summed E-state index contributed by atoms with van der Waals surface area (Å²) in [4.78, 5) is 20.8. The van der Waals surface area contributed by atoms with E-state index in [-0.39, 0.29) is 5.91 Å². The molecule has 2 aromatic heterocycles. The summed E-state index contributed by atoms with van der Waals surface area (Å²) in [5.41, 5.74) is 0.781. The lowest BCUT2D eigenvalue weighted by Gasteiger charge is -2.11. The van der Waals surface area contributed by atoms with Gasteiger partial charge < -0.3 is 10.6 Å². The number of nitrogens with one attached hydrogen (secondary N) is 2. The van der Waals surface area contributed by atoms with E-state index in [9.17, 15) is 4.79 Å². The van der Waals surface area contributed by atoms with Crippen molar-refractivity contribution < 1.29 is 4.79 Å². The van der Waals surface area contributed by atoms with Crippen molar-refractivity contribution in [2.45, 2.75) is 38.9 Å². The quantitative estimate of drug-likeness (QED) is 0.372. The number of alkyl halides is 1. The summed E-state index contributed by atoms with van der Waals surface area (Å²) in [6, 6.07) is 0. The van der Waals surface area contributed by atoms with Crippen LogP contribution in [0.15, 0.2) is 11.4 Å². The smallest absolute Gasteiger partial charge is 0.221 e. The zero-order valence-corrected chi connectivity index (χ0v) is 16.5. The number of aromatic nitrogens is 4. The van der Waals surface area contributed by atoms with E-state index in [2.05, 4.69) is 46.5 Å². The first-order valence-electron chi connectivity index (χ1n) is 8.48. The molecule has 9 heteroatoms. The molecule has 0 aromatic carbocycles. The second-order valence-electron chi connectivity index (χ2n) is 5.96. The first-order chi connectivity index (χ1) is 12.0. The molecular formula is C16H25ClN6OS. The molecule has 0 atom stereocenters. The highest BCUT2D eigenvalue weighted by atomic mass is 35.5. The van der Waals surface area contributed by atoms with E-state index < -0.39 is 0 Å². The van der Waals surface area contributed by atoms with Crippen LogP contribution < -0.4 is 10.6 Å². The Morgan fingerprint density at radius 2 is 2.20 bits per heavy atom. The zero-order valence-electron chi connectivity index (χ0n) is 14.9. The van der Waals surface area contributed by atoms with Crippen molar-refractivity contribution in [3.05, 3.63) is 6.20 Å². The predicted molar refractivity (Wildman–Crippen MR) is 103 cm³/mol. The molecule has 2 heterocycles. The largest absolute Gasteiger partial charge is 0.369 e. The van der Waals surface area contributed by atoms with Gasteiger partial charge in [0.25, 0.3) is 0 Å². The van der Waals surface area contributed by atoms with Gasteiger partial charge in [0.05, 0.1) is 18.1 Å². The highest BCUT2D eigenvalue weighted by Crippen LogP contribution is 2.24. The van der Waals surface area contributed by atoms with Gasteiger partial charge in [0.1, 0.15) is 5.82 Å². The Morgan fingerprint density at radius 1 is 1.40 bits per heavy atom. The molecule has 7 nitrogen and oxygen atoms in total. The molecule has 0 saturated carbocycles. The third-order valence-electron chi connectivity index (χ3n) is 3.39. The van der Waals surface area contributed by atoms with Crippen LogP contribution in [-0.4, -0.2) is 50.4 Å². The fourth-order valence-electron chi connectivity index (χ4n) is 2.20. The number of fused-ring (bicyclic) bond motifs is 1. The Labute approximate surface area is 157 Å². The van der Waals surface area contributed by atoms with E-state index in [0.717, 1.165) is 34.3 Å². The highest BCUT2D eigenvalue weighted by Gasteiger charge is 2.13. The van der Waals surface area contributed by atoms with Gasteiger partial charge in [-0.1, -0.05) is 32.5 Å². The first-order valence-corrected chi connectivity index (χ1v) is 10.00. The van der Waals surface area contributed by atoms with Crippen LogP contribution in [0.3, 0.4) is 0 Å². The minimum absolute atomic E-state index is 0.0531. The molecule has 0 spiro atoms. The van der Waals surface area contributed by atoms with Gasteiger partial charge in [-0.3, -0.25) is 4.79 Å². The zero-order chi connectivity index (χ0) is 18.2. The maximum absolute atomic E-state index is 11.5. The van der Waals surface area contributed by atoms with E-state index in [1.807, 2.05) is 0 Å². The SMILES string of the molecule is CCSc1nc(NCC(C)C)c2cnn(CCNC(=O)CCCl)c2n1. The third-order valence-corrected chi connectivity index (χ3v) is 4.31. The van der Waals surface area contributed by atoms with E-state index in [4.69, 9.17) is 11.6 Å². The minimum Gasteiger partial charge on any atom is -0.369 e. The molecule has 138 valence electrons. The summed E-state index contributed by atoms with van der Waals surface area (Å²) in [6.45, 7) is 8.25. The van der Waals surface area contributed by atoms with Gasteiger partial charge in [0.15, 0.2) is 10.8 Å². The van der Waals surface area contributed by atoms with E-state index >= 15 is 0 Å². The normalized spacial score (nSPS) is 11.2. The van der Waals surface area contributed by atoms with Crippen LogP contribution in [0.25, 0.3) is 11.0 Å². The van der Waals surface area contributed by atoms with Crippen LogP contribution in [0.1, 0.15) is 27.2 Å². The Bertz CT molecular complexity index is 705. The van der Waals surface area contributed by atoms with Crippen molar-refractivity contribution in [3.63, 3.8) is 0 Å². The van der Waals surface area contributed by atoms with E-state index in [1.165, 1.54) is 0 Å². The van der Waals surface area contributed by atoms with Crippen LogP contribution in [0.5, 0.6) is 0 Å². The van der Waals surface area contributed by atoms with Gasteiger partial charge in [-0.2, -0.15) is 5.10 Å². The number of halogens is 1. The number of thioether (sulfide) groups is 1. The third kappa shape index (κ3) is 5.74. The standard InChI is InChI=1S/C16H25ClN6OS/c1-4-25-16-21-14(19-9-11(2)3)12-10-20-23(15(12)22-16)8-7-18-13(24)5-6-17/h10-11H,4-9H2,1-3H3,(H,18,24)(H,19,21,22). The maximum Gasteiger partial charge on any atom is 0.221 e. The molecule has 0 bridgehead atoms. The number of rotatable bonds is 10. The lowest BCUT2D eigenvalue weighted by Crippen LogP contribution is -2.27. The van der Waals surface area contributed by atoms with Crippen LogP contribution >= 0.6 is 23.4 Å². The predicted octanol–water partition coefficient (Wildman–Crippen LogP) is 2.75. The Kier molecular flexibility index (Phi) is 7.77. The number of hydrogen-bond acceptors (Lipinski definition) is 6. The Hall–Kier alpha value is -1.54. The summed E-state index contributed by atoms with van der Waals surface area (Å²) in [7, 11) is 0. The number of nitrogens with zero attached hydrogens (tertiary/aromatic N) is 4. The molecule has 0 aliphatic rings. The van der Waals surface area contributed by atoms with Gasteiger partial charge in [0.2, 0.25) is 5.91 Å². The topological polar surface area (TPSA) is 84.7 Å². The molecule has 2 aromatic rings. The molecule has 0 saturated heterocycles. The molecule has 25 heavy (non-hydrogen) atoms. The molecule has 0 fully saturated rings. The number of amides is 1. The van der Waals surface area contributed by atoms with E-state index in [1.54, 1.807) is 22.6 Å². The average Bonchev–Trinajstić information content (AvgIpc) is 2.96. The average molecular weight is 385 g/mol. The monoisotopic (exact) mass is 384 g/mol. The van der Waals surface area contributed by atoms with Crippen molar-refractivity contribution in [1.82, 2.24) is 25.1 Å². The highest BCUT2D eigenvalue weighted by molar-refractivity contribution is 7.99. The fourth-order valence-corrected chi connectivity index (χ4v) is 2.94. The summed E-state index contributed by atoms with van der Waals surface area (Å²) < 4.78 is 1.80. The van der Waals surface area contributed by atoms with Crippen LogP contribution in [-0.2, 0) is 11.3 Å². The number of carbonyl (C=O) groups excluding carboxylic acids is 1. The van der Waals surface area contributed by atoms with Gasteiger partial charge in [-0.15, -0.1) is 11.6 Å². The molecule has 0 aliphatic heterocycles. The van der Waals surface area contributed by atoms with Gasteiger partial charge in [-0.05, 0) is 11.7 Å². The van der Waals surface area contributed by atoms with Crippen molar-refractivity contribution in [2.24, 2.45) is 5.92 Å². The number of anilines is 1. The van der Waals surface area contributed by atoms with Gasteiger partial charge in [-0.25, -0.2) is 14.6 Å². The van der Waals surface area contributed by atoms with Gasteiger partial charge >= 0.3 is 0 Å². The summed E-state index contributed by atoms with van der Waals surface area (Å²) in [6.07, 6.45) is 2.10. The second-order valence-corrected chi connectivity index (χ2v) is 7.57.